The van der Waals surface area contributed by atoms with Crippen LogP contribution < -0.4 is 0 Å². The summed E-state index contributed by atoms with van der Waals surface area (Å²) in [6.45, 7) is 2.90. The third kappa shape index (κ3) is 4.37. The van der Waals surface area contributed by atoms with E-state index in [1.165, 1.54) is 4.31 Å². The van der Waals surface area contributed by atoms with Gasteiger partial charge in [-0.2, -0.15) is 4.31 Å². The van der Waals surface area contributed by atoms with Gasteiger partial charge in [-0.3, -0.25) is 4.79 Å². The van der Waals surface area contributed by atoms with Crippen molar-refractivity contribution < 1.29 is 31.5 Å². The highest BCUT2D eigenvalue weighted by Gasteiger charge is 2.37. The van der Waals surface area contributed by atoms with Gasteiger partial charge in [-0.05, 0) is 43.9 Å². The van der Waals surface area contributed by atoms with Crippen molar-refractivity contribution in [2.75, 3.05) is 39.4 Å². The highest BCUT2D eigenvalue weighted by Crippen LogP contribution is 2.29. The van der Waals surface area contributed by atoms with Gasteiger partial charge in [-0.1, -0.05) is 0 Å². The minimum absolute atomic E-state index is 0.0617. The molecule has 0 radical (unpaired) electrons. The summed E-state index contributed by atoms with van der Waals surface area (Å²) in [4.78, 5) is 14.5. The summed E-state index contributed by atoms with van der Waals surface area (Å²) in [5.74, 6) is -2.14. The van der Waals surface area contributed by atoms with Crippen molar-refractivity contribution in [3.05, 3.63) is 29.8 Å². The SMILES string of the molecule is O=C(C1CCN(S(=O)(=O)c2ccc(F)c(F)c2)CC1)N1CCC(C2OCCO2)CC1. The standard InChI is InChI=1S/C20H26F2N2O5S/c21-17-2-1-16(13-18(17)22)30(26,27)24-9-5-14(6-10-24)19(25)23-7-3-15(4-8-23)20-28-11-12-29-20/h1-2,13-15,20H,3-12H2. The fourth-order valence-electron chi connectivity index (χ4n) is 4.43. The molecule has 3 aliphatic heterocycles. The van der Waals surface area contributed by atoms with Crippen LogP contribution in [0.4, 0.5) is 8.78 Å². The quantitative estimate of drug-likeness (QED) is 0.710. The number of carbonyl (C=O) groups is 1. The Labute approximate surface area is 175 Å². The molecule has 1 aromatic rings. The molecule has 166 valence electrons. The van der Waals surface area contributed by atoms with E-state index in [1.807, 2.05) is 4.90 Å². The van der Waals surface area contributed by atoms with E-state index in [4.69, 9.17) is 9.47 Å². The van der Waals surface area contributed by atoms with Crippen LogP contribution >= 0.6 is 0 Å². The number of sulfonamides is 1. The highest BCUT2D eigenvalue weighted by atomic mass is 32.2. The van der Waals surface area contributed by atoms with Crippen LogP contribution in [0, 0.1) is 23.5 Å². The van der Waals surface area contributed by atoms with Crippen LogP contribution in [0.5, 0.6) is 0 Å². The van der Waals surface area contributed by atoms with Gasteiger partial charge in [0, 0.05) is 38.0 Å². The molecule has 1 aromatic carbocycles. The second kappa shape index (κ2) is 8.86. The number of likely N-dealkylation sites (tertiary alicyclic amines) is 1. The van der Waals surface area contributed by atoms with E-state index in [2.05, 4.69) is 0 Å². The zero-order chi connectivity index (χ0) is 21.3. The molecule has 30 heavy (non-hydrogen) atoms. The van der Waals surface area contributed by atoms with E-state index >= 15 is 0 Å². The molecule has 0 saturated carbocycles. The Morgan fingerprint density at radius 2 is 1.57 bits per heavy atom. The fraction of sp³-hybridized carbons (Fsp3) is 0.650. The Hall–Kier alpha value is -1.62. The van der Waals surface area contributed by atoms with Crippen molar-refractivity contribution in [2.45, 2.75) is 36.9 Å². The van der Waals surface area contributed by atoms with E-state index in [0.717, 1.165) is 25.0 Å². The number of hydrogen-bond acceptors (Lipinski definition) is 5. The number of amides is 1. The number of hydrogen-bond donors (Lipinski definition) is 0. The normalized spacial score (nSPS) is 23.2. The average molecular weight is 445 g/mol. The zero-order valence-electron chi connectivity index (χ0n) is 16.6. The van der Waals surface area contributed by atoms with Gasteiger partial charge in [0.2, 0.25) is 15.9 Å². The molecule has 0 spiro atoms. The molecule has 0 bridgehead atoms. The molecule has 4 rings (SSSR count). The lowest BCUT2D eigenvalue weighted by molar-refractivity contribution is -0.142. The maximum Gasteiger partial charge on any atom is 0.243 e. The van der Waals surface area contributed by atoms with Crippen molar-refractivity contribution in [2.24, 2.45) is 11.8 Å². The van der Waals surface area contributed by atoms with Gasteiger partial charge in [-0.25, -0.2) is 17.2 Å². The Balaban J connectivity index is 1.30. The number of nitrogens with zero attached hydrogens (tertiary/aromatic N) is 2. The Morgan fingerprint density at radius 3 is 2.17 bits per heavy atom. The van der Waals surface area contributed by atoms with E-state index in [-0.39, 0.29) is 36.1 Å². The summed E-state index contributed by atoms with van der Waals surface area (Å²) in [5.41, 5.74) is 0. The largest absolute Gasteiger partial charge is 0.350 e. The highest BCUT2D eigenvalue weighted by molar-refractivity contribution is 7.89. The van der Waals surface area contributed by atoms with Crippen LogP contribution in [-0.2, 0) is 24.3 Å². The van der Waals surface area contributed by atoms with E-state index in [9.17, 15) is 22.0 Å². The Morgan fingerprint density at radius 1 is 0.933 bits per heavy atom. The van der Waals surface area contributed by atoms with Gasteiger partial charge in [0.05, 0.1) is 18.1 Å². The van der Waals surface area contributed by atoms with E-state index in [1.54, 1.807) is 0 Å². The number of halogens is 2. The molecule has 0 N–H and O–H groups in total. The third-order valence-corrected chi connectivity index (χ3v) is 8.11. The summed E-state index contributed by atoms with van der Waals surface area (Å²) in [6.07, 6.45) is 2.33. The number of ether oxygens (including phenoxy) is 2. The zero-order valence-corrected chi connectivity index (χ0v) is 17.5. The van der Waals surface area contributed by atoms with Crippen LogP contribution in [0.25, 0.3) is 0 Å². The first-order chi connectivity index (χ1) is 14.4. The minimum atomic E-state index is -3.92. The summed E-state index contributed by atoms with van der Waals surface area (Å²) in [7, 11) is -3.92. The molecule has 3 heterocycles. The third-order valence-electron chi connectivity index (χ3n) is 6.22. The Bertz CT molecular complexity index is 875. The molecule has 0 atom stereocenters. The lowest BCUT2D eigenvalue weighted by Gasteiger charge is -2.37. The molecule has 10 heteroatoms. The lowest BCUT2D eigenvalue weighted by Crippen LogP contribution is -2.47. The van der Waals surface area contributed by atoms with Crippen molar-refractivity contribution >= 4 is 15.9 Å². The molecule has 0 aromatic heterocycles. The molecule has 3 aliphatic rings. The van der Waals surface area contributed by atoms with Crippen LogP contribution in [0.1, 0.15) is 25.7 Å². The first kappa shape index (κ1) is 21.6. The molecular formula is C20H26F2N2O5S. The second-order valence-corrected chi connectivity index (χ2v) is 9.96. The maximum absolute atomic E-state index is 13.5. The van der Waals surface area contributed by atoms with Crippen molar-refractivity contribution in [1.82, 2.24) is 9.21 Å². The monoisotopic (exact) mass is 444 g/mol. The molecule has 1 amide bonds. The first-order valence-electron chi connectivity index (χ1n) is 10.3. The molecule has 3 saturated heterocycles. The maximum atomic E-state index is 13.5. The van der Waals surface area contributed by atoms with Crippen molar-refractivity contribution in [3.8, 4) is 0 Å². The summed E-state index contributed by atoms with van der Waals surface area (Å²) >= 11 is 0. The fourth-order valence-corrected chi connectivity index (χ4v) is 5.91. The Kier molecular flexibility index (Phi) is 6.38. The molecule has 7 nitrogen and oxygen atoms in total. The summed E-state index contributed by atoms with van der Waals surface area (Å²) in [5, 5.41) is 0. The molecule has 0 unspecified atom stereocenters. The van der Waals surface area contributed by atoms with Crippen molar-refractivity contribution in [3.63, 3.8) is 0 Å². The molecular weight excluding hydrogens is 418 g/mol. The number of piperidine rings is 2. The number of carbonyl (C=O) groups excluding carboxylic acids is 1. The van der Waals surface area contributed by atoms with Gasteiger partial charge in [0.1, 0.15) is 0 Å². The predicted octanol–water partition coefficient (Wildman–Crippen LogP) is 1.98. The summed E-state index contributed by atoms with van der Waals surface area (Å²) < 4.78 is 64.4. The van der Waals surface area contributed by atoms with Crippen LogP contribution in [0.3, 0.4) is 0 Å². The van der Waals surface area contributed by atoms with E-state index in [0.29, 0.717) is 51.1 Å². The summed E-state index contributed by atoms with van der Waals surface area (Å²) in [6, 6.07) is 2.57. The smallest absolute Gasteiger partial charge is 0.243 e. The average Bonchev–Trinajstić information content (AvgIpc) is 3.30. The van der Waals surface area contributed by atoms with Crippen LogP contribution in [0.2, 0.25) is 0 Å². The van der Waals surface area contributed by atoms with Gasteiger partial charge in [-0.15, -0.1) is 0 Å². The predicted molar refractivity (Wildman–Crippen MR) is 103 cm³/mol. The topological polar surface area (TPSA) is 76.2 Å². The second-order valence-electron chi connectivity index (χ2n) is 8.03. The van der Waals surface area contributed by atoms with Gasteiger partial charge < -0.3 is 14.4 Å². The lowest BCUT2D eigenvalue weighted by atomic mass is 9.92. The minimum Gasteiger partial charge on any atom is -0.350 e. The van der Waals surface area contributed by atoms with Gasteiger partial charge in [0.25, 0.3) is 0 Å². The molecule has 0 aliphatic carbocycles. The van der Waals surface area contributed by atoms with Crippen molar-refractivity contribution in [1.29, 1.82) is 0 Å². The van der Waals surface area contributed by atoms with Gasteiger partial charge >= 0.3 is 0 Å². The van der Waals surface area contributed by atoms with Gasteiger partial charge in [0.15, 0.2) is 17.9 Å². The van der Waals surface area contributed by atoms with Crippen LogP contribution in [0.15, 0.2) is 23.1 Å². The van der Waals surface area contributed by atoms with E-state index < -0.39 is 21.7 Å². The number of rotatable bonds is 4. The van der Waals surface area contributed by atoms with Crippen LogP contribution in [-0.4, -0.2) is 69.2 Å². The molecule has 3 fully saturated rings. The number of benzene rings is 1. The first-order valence-corrected chi connectivity index (χ1v) is 11.8.